The van der Waals surface area contributed by atoms with Gasteiger partial charge >= 0.3 is 0 Å². The minimum atomic E-state index is -0.153. The normalized spacial score (nSPS) is 12.2. The van der Waals surface area contributed by atoms with E-state index in [1.54, 1.807) is 11.8 Å². The van der Waals surface area contributed by atoms with Crippen LogP contribution in [0.4, 0.5) is 5.69 Å². The zero-order chi connectivity index (χ0) is 12.0. The van der Waals surface area contributed by atoms with Gasteiger partial charge < -0.3 is 11.1 Å². The molecule has 0 aliphatic heterocycles. The van der Waals surface area contributed by atoms with Crippen molar-refractivity contribution in [2.45, 2.75) is 18.7 Å². The van der Waals surface area contributed by atoms with E-state index in [0.29, 0.717) is 6.54 Å². The summed E-state index contributed by atoms with van der Waals surface area (Å²) in [5.41, 5.74) is 6.33. The van der Waals surface area contributed by atoms with Gasteiger partial charge in [0, 0.05) is 17.4 Å². The topological polar surface area (TPSA) is 55.1 Å². The highest BCUT2D eigenvalue weighted by Crippen LogP contribution is 2.26. The van der Waals surface area contributed by atoms with Gasteiger partial charge in [0.05, 0.1) is 5.69 Å². The Morgan fingerprint density at radius 3 is 2.81 bits per heavy atom. The van der Waals surface area contributed by atoms with Crippen molar-refractivity contribution in [2.75, 3.05) is 17.6 Å². The largest absolute Gasteiger partial charge is 0.330 e. The van der Waals surface area contributed by atoms with Crippen molar-refractivity contribution in [3.63, 3.8) is 0 Å². The van der Waals surface area contributed by atoms with E-state index in [2.05, 4.69) is 12.2 Å². The Bertz CT molecular complexity index is 355. The molecule has 16 heavy (non-hydrogen) atoms. The van der Waals surface area contributed by atoms with Gasteiger partial charge in [-0.3, -0.25) is 4.79 Å². The molecule has 0 fully saturated rings. The summed E-state index contributed by atoms with van der Waals surface area (Å²) >= 11 is 1.72. The third kappa shape index (κ3) is 3.54. The number of thioether (sulfide) groups is 1. The molecule has 1 amide bonds. The standard InChI is InChI=1S/C12H18N2OS/c1-3-16-11-7-5-4-6-10(11)14-12(15)9(2)8-13/h4-7,9H,3,8,13H2,1-2H3,(H,14,15). The first kappa shape index (κ1) is 13.1. The number of amides is 1. The number of anilines is 1. The zero-order valence-electron chi connectivity index (χ0n) is 9.69. The molecule has 1 aromatic carbocycles. The van der Waals surface area contributed by atoms with Crippen LogP contribution >= 0.6 is 11.8 Å². The lowest BCUT2D eigenvalue weighted by Crippen LogP contribution is -2.26. The van der Waals surface area contributed by atoms with E-state index in [4.69, 9.17) is 5.73 Å². The summed E-state index contributed by atoms with van der Waals surface area (Å²) in [6.07, 6.45) is 0. The summed E-state index contributed by atoms with van der Waals surface area (Å²) in [6, 6.07) is 7.82. The molecule has 4 heteroatoms. The number of nitrogens with two attached hydrogens (primary N) is 1. The average molecular weight is 238 g/mol. The summed E-state index contributed by atoms with van der Waals surface area (Å²) in [6.45, 7) is 4.28. The van der Waals surface area contributed by atoms with E-state index in [-0.39, 0.29) is 11.8 Å². The van der Waals surface area contributed by atoms with Crippen LogP contribution < -0.4 is 11.1 Å². The van der Waals surface area contributed by atoms with Gasteiger partial charge in [-0.1, -0.05) is 26.0 Å². The zero-order valence-corrected chi connectivity index (χ0v) is 10.5. The van der Waals surface area contributed by atoms with Crippen molar-refractivity contribution in [3.8, 4) is 0 Å². The SMILES string of the molecule is CCSc1ccccc1NC(=O)C(C)CN. The molecule has 3 nitrogen and oxygen atoms in total. The van der Waals surface area contributed by atoms with Gasteiger partial charge in [0.15, 0.2) is 0 Å². The average Bonchev–Trinajstić information content (AvgIpc) is 2.31. The molecule has 0 aliphatic rings. The summed E-state index contributed by atoms with van der Waals surface area (Å²) < 4.78 is 0. The fraction of sp³-hybridized carbons (Fsp3) is 0.417. The second-order valence-electron chi connectivity index (χ2n) is 3.56. The quantitative estimate of drug-likeness (QED) is 0.774. The van der Waals surface area contributed by atoms with Crippen LogP contribution in [0.25, 0.3) is 0 Å². The van der Waals surface area contributed by atoms with Gasteiger partial charge in [-0.15, -0.1) is 11.8 Å². The van der Waals surface area contributed by atoms with Crippen LogP contribution in [0, 0.1) is 5.92 Å². The van der Waals surface area contributed by atoms with Gasteiger partial charge in [-0.05, 0) is 17.9 Å². The fourth-order valence-electron chi connectivity index (χ4n) is 1.21. The maximum atomic E-state index is 11.7. The number of hydrogen-bond acceptors (Lipinski definition) is 3. The van der Waals surface area contributed by atoms with Crippen molar-refractivity contribution < 1.29 is 4.79 Å². The first-order valence-electron chi connectivity index (χ1n) is 5.41. The molecule has 0 saturated carbocycles. The van der Waals surface area contributed by atoms with Crippen LogP contribution in [-0.2, 0) is 4.79 Å². The smallest absolute Gasteiger partial charge is 0.228 e. The van der Waals surface area contributed by atoms with Gasteiger partial charge in [0.1, 0.15) is 0 Å². The summed E-state index contributed by atoms with van der Waals surface area (Å²) in [5, 5.41) is 2.91. The fourth-order valence-corrected chi connectivity index (χ4v) is 1.97. The van der Waals surface area contributed by atoms with E-state index < -0.39 is 0 Å². The molecule has 0 spiro atoms. The van der Waals surface area contributed by atoms with Crippen LogP contribution in [0.15, 0.2) is 29.2 Å². The predicted molar refractivity (Wildman–Crippen MR) is 69.7 cm³/mol. The third-order valence-electron chi connectivity index (χ3n) is 2.25. The molecule has 88 valence electrons. The van der Waals surface area contributed by atoms with Crippen LogP contribution in [0.1, 0.15) is 13.8 Å². The highest BCUT2D eigenvalue weighted by Gasteiger charge is 2.12. The second-order valence-corrected chi connectivity index (χ2v) is 4.86. The summed E-state index contributed by atoms with van der Waals surface area (Å²) in [5.74, 6) is 0.811. The number of carbonyl (C=O) groups is 1. The monoisotopic (exact) mass is 238 g/mol. The first-order valence-corrected chi connectivity index (χ1v) is 6.40. The molecule has 0 radical (unpaired) electrons. The van der Waals surface area contributed by atoms with E-state index >= 15 is 0 Å². The summed E-state index contributed by atoms with van der Waals surface area (Å²) in [7, 11) is 0. The lowest BCUT2D eigenvalue weighted by molar-refractivity contribution is -0.119. The van der Waals surface area contributed by atoms with Crippen molar-refractivity contribution in [2.24, 2.45) is 11.7 Å². The van der Waals surface area contributed by atoms with Crippen LogP contribution in [0.3, 0.4) is 0 Å². The molecule has 1 rings (SSSR count). The molecular weight excluding hydrogens is 220 g/mol. The lowest BCUT2D eigenvalue weighted by Gasteiger charge is -2.12. The van der Waals surface area contributed by atoms with Crippen LogP contribution in [-0.4, -0.2) is 18.2 Å². The maximum Gasteiger partial charge on any atom is 0.228 e. The van der Waals surface area contributed by atoms with Crippen molar-refractivity contribution in [1.29, 1.82) is 0 Å². The maximum absolute atomic E-state index is 11.7. The number of nitrogens with one attached hydrogen (secondary N) is 1. The summed E-state index contributed by atoms with van der Waals surface area (Å²) in [4.78, 5) is 12.8. The first-order chi connectivity index (χ1) is 7.69. The number of para-hydroxylation sites is 1. The van der Waals surface area contributed by atoms with Crippen molar-refractivity contribution in [3.05, 3.63) is 24.3 Å². The van der Waals surface area contributed by atoms with Gasteiger partial charge in [-0.25, -0.2) is 0 Å². The number of benzene rings is 1. The van der Waals surface area contributed by atoms with E-state index in [0.717, 1.165) is 16.3 Å². The van der Waals surface area contributed by atoms with Crippen LogP contribution in [0.2, 0.25) is 0 Å². The Hall–Kier alpha value is -1.00. The minimum Gasteiger partial charge on any atom is -0.330 e. The highest BCUT2D eigenvalue weighted by atomic mass is 32.2. The Morgan fingerprint density at radius 1 is 1.50 bits per heavy atom. The lowest BCUT2D eigenvalue weighted by atomic mass is 10.1. The van der Waals surface area contributed by atoms with Gasteiger partial charge in [-0.2, -0.15) is 0 Å². The molecule has 0 bridgehead atoms. The Balaban J connectivity index is 2.76. The number of hydrogen-bond donors (Lipinski definition) is 2. The molecule has 1 aromatic rings. The minimum absolute atomic E-state index is 0.0216. The highest BCUT2D eigenvalue weighted by molar-refractivity contribution is 7.99. The van der Waals surface area contributed by atoms with E-state index in [1.165, 1.54) is 0 Å². The Morgan fingerprint density at radius 2 is 2.19 bits per heavy atom. The Labute approximate surface area is 101 Å². The third-order valence-corrected chi connectivity index (χ3v) is 3.20. The molecule has 0 aliphatic carbocycles. The second kappa shape index (κ2) is 6.55. The molecule has 0 saturated heterocycles. The molecule has 0 aromatic heterocycles. The van der Waals surface area contributed by atoms with E-state index in [1.807, 2.05) is 31.2 Å². The molecule has 3 N–H and O–H groups in total. The van der Waals surface area contributed by atoms with Gasteiger partial charge in [0.25, 0.3) is 0 Å². The number of rotatable bonds is 5. The predicted octanol–water partition coefficient (Wildman–Crippen LogP) is 2.33. The van der Waals surface area contributed by atoms with E-state index in [9.17, 15) is 4.79 Å². The van der Waals surface area contributed by atoms with Crippen molar-refractivity contribution in [1.82, 2.24) is 0 Å². The van der Waals surface area contributed by atoms with Gasteiger partial charge in [0.2, 0.25) is 5.91 Å². The van der Waals surface area contributed by atoms with Crippen molar-refractivity contribution >= 4 is 23.4 Å². The van der Waals surface area contributed by atoms with Crippen LogP contribution in [0.5, 0.6) is 0 Å². The number of carbonyl (C=O) groups excluding carboxylic acids is 1. The Kier molecular flexibility index (Phi) is 5.35. The molecule has 0 heterocycles. The molecular formula is C12H18N2OS. The molecule has 1 unspecified atom stereocenters. The molecule has 1 atom stereocenters.